The second-order valence-electron chi connectivity index (χ2n) is 5.93. The highest BCUT2D eigenvalue weighted by Gasteiger charge is 2.39. The quantitative estimate of drug-likeness (QED) is 0.799. The molecule has 122 valence electrons. The molecule has 1 aliphatic carbocycles. The molecule has 6 heteroatoms. The van der Waals surface area contributed by atoms with Gasteiger partial charge >= 0.3 is 6.03 Å². The molecule has 23 heavy (non-hydrogen) atoms. The van der Waals surface area contributed by atoms with E-state index in [1.807, 2.05) is 31.3 Å². The van der Waals surface area contributed by atoms with Crippen LogP contribution in [-0.4, -0.2) is 28.2 Å². The highest BCUT2D eigenvalue weighted by molar-refractivity contribution is 6.30. The number of rotatable bonds is 6. The summed E-state index contributed by atoms with van der Waals surface area (Å²) in [4.78, 5) is 16.1. The summed E-state index contributed by atoms with van der Waals surface area (Å²) in [5.41, 5.74) is 1.19. The van der Waals surface area contributed by atoms with E-state index in [-0.39, 0.29) is 12.1 Å². The number of hydrogen-bond acceptors (Lipinski definition) is 2. The zero-order chi connectivity index (χ0) is 16.2. The lowest BCUT2D eigenvalue weighted by Gasteiger charge is -2.08. The van der Waals surface area contributed by atoms with Crippen molar-refractivity contribution >= 4 is 17.6 Å². The van der Waals surface area contributed by atoms with E-state index in [0.29, 0.717) is 12.5 Å². The van der Waals surface area contributed by atoms with Crippen molar-refractivity contribution in [1.29, 1.82) is 0 Å². The van der Waals surface area contributed by atoms with E-state index in [9.17, 15) is 4.79 Å². The zero-order valence-corrected chi connectivity index (χ0v) is 13.9. The van der Waals surface area contributed by atoms with Gasteiger partial charge in [-0.3, -0.25) is 0 Å². The summed E-state index contributed by atoms with van der Waals surface area (Å²) in [6.45, 7) is 3.49. The Kier molecular flexibility index (Phi) is 4.86. The number of hydrogen-bond donors (Lipinski definition) is 2. The Morgan fingerprint density at radius 3 is 3.09 bits per heavy atom. The van der Waals surface area contributed by atoms with Crippen LogP contribution in [0, 0.1) is 6.92 Å². The third-order valence-corrected chi connectivity index (χ3v) is 4.40. The van der Waals surface area contributed by atoms with Crippen LogP contribution in [0.4, 0.5) is 4.79 Å². The van der Waals surface area contributed by atoms with Gasteiger partial charge in [0.25, 0.3) is 0 Å². The van der Waals surface area contributed by atoms with E-state index in [0.717, 1.165) is 30.2 Å². The summed E-state index contributed by atoms with van der Waals surface area (Å²) in [5, 5.41) is 6.67. The number of urea groups is 1. The maximum Gasteiger partial charge on any atom is 0.315 e. The molecule has 0 spiro atoms. The molecule has 1 fully saturated rings. The van der Waals surface area contributed by atoms with Gasteiger partial charge in [-0.2, -0.15) is 0 Å². The Hall–Kier alpha value is -2.01. The summed E-state index contributed by atoms with van der Waals surface area (Å²) >= 11 is 6.00. The molecule has 3 rings (SSSR count). The Bertz CT molecular complexity index is 685. The number of nitrogens with zero attached hydrogens (tertiary/aromatic N) is 2. The van der Waals surface area contributed by atoms with Gasteiger partial charge in [0.1, 0.15) is 5.82 Å². The summed E-state index contributed by atoms with van der Waals surface area (Å²) in [5.74, 6) is 1.38. The van der Waals surface area contributed by atoms with E-state index in [1.165, 1.54) is 5.56 Å². The fourth-order valence-electron chi connectivity index (χ4n) is 2.77. The molecular formula is C17H21ClN4O. The average molecular weight is 333 g/mol. The lowest BCUT2D eigenvalue weighted by atomic mass is 10.1. The van der Waals surface area contributed by atoms with Crippen molar-refractivity contribution in [2.45, 2.75) is 38.3 Å². The van der Waals surface area contributed by atoms with Gasteiger partial charge in [0.15, 0.2) is 0 Å². The molecule has 2 aromatic rings. The van der Waals surface area contributed by atoms with Gasteiger partial charge in [0, 0.05) is 42.5 Å². The number of aryl methyl sites for hydroxylation is 2. The Morgan fingerprint density at radius 1 is 1.48 bits per heavy atom. The average Bonchev–Trinajstić information content (AvgIpc) is 3.17. The van der Waals surface area contributed by atoms with Crippen molar-refractivity contribution in [2.75, 3.05) is 6.54 Å². The number of amides is 2. The van der Waals surface area contributed by atoms with Gasteiger partial charge in [-0.15, -0.1) is 0 Å². The predicted octanol–water partition coefficient (Wildman–Crippen LogP) is 3.09. The molecular weight excluding hydrogens is 312 g/mol. The molecule has 0 radical (unpaired) electrons. The molecule has 5 nitrogen and oxygen atoms in total. The number of carbonyl (C=O) groups is 1. The minimum Gasteiger partial charge on any atom is -0.338 e. The van der Waals surface area contributed by atoms with E-state index >= 15 is 0 Å². The second kappa shape index (κ2) is 7.04. The van der Waals surface area contributed by atoms with E-state index in [2.05, 4.69) is 26.3 Å². The Labute approximate surface area is 141 Å². The molecule has 2 atom stereocenters. The summed E-state index contributed by atoms with van der Waals surface area (Å²) in [7, 11) is 0. The Morgan fingerprint density at radius 2 is 2.35 bits per heavy atom. The first-order valence-electron chi connectivity index (χ1n) is 7.91. The number of benzene rings is 1. The number of aromatic nitrogens is 2. The van der Waals surface area contributed by atoms with Gasteiger partial charge in [0.2, 0.25) is 0 Å². The van der Waals surface area contributed by atoms with Gasteiger partial charge in [0.05, 0.1) is 0 Å². The van der Waals surface area contributed by atoms with Crippen molar-refractivity contribution in [3.63, 3.8) is 0 Å². The normalized spacial score (nSPS) is 19.4. The molecule has 0 saturated heterocycles. The summed E-state index contributed by atoms with van der Waals surface area (Å²) in [6.07, 6.45) is 5.60. The minimum atomic E-state index is -0.0955. The van der Waals surface area contributed by atoms with Crippen LogP contribution >= 0.6 is 11.6 Å². The standard InChI is InChI=1S/C17H21ClN4O/c1-12-19-7-9-22(12)8-3-6-20-17(23)21-16-11-15(16)13-4-2-5-14(18)10-13/h2,4-5,7,9-10,15-16H,3,6,8,11H2,1H3,(H2,20,21,23)/t15-,16-/m1/s1. The van der Waals surface area contributed by atoms with Crippen LogP contribution in [0.5, 0.6) is 0 Å². The highest BCUT2D eigenvalue weighted by atomic mass is 35.5. The molecule has 2 amide bonds. The van der Waals surface area contributed by atoms with Crippen molar-refractivity contribution in [3.05, 3.63) is 53.1 Å². The first kappa shape index (κ1) is 15.9. The van der Waals surface area contributed by atoms with Gasteiger partial charge in [-0.25, -0.2) is 9.78 Å². The molecule has 1 saturated carbocycles. The largest absolute Gasteiger partial charge is 0.338 e. The first-order valence-corrected chi connectivity index (χ1v) is 8.29. The van der Waals surface area contributed by atoms with Crippen LogP contribution < -0.4 is 10.6 Å². The fourth-order valence-corrected chi connectivity index (χ4v) is 2.97. The number of imidazole rings is 1. The van der Waals surface area contributed by atoms with E-state index in [4.69, 9.17) is 11.6 Å². The van der Waals surface area contributed by atoms with Gasteiger partial charge in [-0.1, -0.05) is 23.7 Å². The molecule has 0 unspecified atom stereocenters. The molecule has 2 N–H and O–H groups in total. The number of carbonyl (C=O) groups excluding carboxylic acids is 1. The van der Waals surface area contributed by atoms with Crippen molar-refractivity contribution in [3.8, 4) is 0 Å². The van der Waals surface area contributed by atoms with Crippen LogP contribution in [0.15, 0.2) is 36.7 Å². The maximum absolute atomic E-state index is 11.9. The van der Waals surface area contributed by atoms with Crippen LogP contribution in [0.2, 0.25) is 5.02 Å². The number of halogens is 1. The van der Waals surface area contributed by atoms with Crippen molar-refractivity contribution < 1.29 is 4.79 Å². The van der Waals surface area contributed by atoms with Gasteiger partial charge < -0.3 is 15.2 Å². The summed E-state index contributed by atoms with van der Waals surface area (Å²) in [6, 6.07) is 7.96. The lowest BCUT2D eigenvalue weighted by molar-refractivity contribution is 0.240. The van der Waals surface area contributed by atoms with Crippen LogP contribution in [0.1, 0.15) is 30.1 Å². The van der Waals surface area contributed by atoms with Crippen LogP contribution in [0.3, 0.4) is 0 Å². The molecule has 0 aliphatic heterocycles. The topological polar surface area (TPSA) is 59.0 Å². The third kappa shape index (κ3) is 4.26. The lowest BCUT2D eigenvalue weighted by Crippen LogP contribution is -2.38. The van der Waals surface area contributed by atoms with Crippen LogP contribution in [-0.2, 0) is 6.54 Å². The summed E-state index contributed by atoms with van der Waals surface area (Å²) < 4.78 is 2.08. The minimum absolute atomic E-state index is 0.0955. The molecule has 1 heterocycles. The predicted molar refractivity (Wildman–Crippen MR) is 90.7 cm³/mol. The second-order valence-corrected chi connectivity index (χ2v) is 6.36. The molecule has 1 aliphatic rings. The fraction of sp³-hybridized carbons (Fsp3) is 0.412. The maximum atomic E-state index is 11.9. The third-order valence-electron chi connectivity index (χ3n) is 4.17. The first-order chi connectivity index (χ1) is 11.1. The van der Waals surface area contributed by atoms with Gasteiger partial charge in [-0.05, 0) is 37.5 Å². The SMILES string of the molecule is Cc1nccn1CCCNC(=O)N[C@@H]1C[C@@H]1c1cccc(Cl)c1. The zero-order valence-electron chi connectivity index (χ0n) is 13.1. The molecule has 1 aromatic heterocycles. The van der Waals surface area contributed by atoms with Crippen LogP contribution in [0.25, 0.3) is 0 Å². The van der Waals surface area contributed by atoms with Crippen molar-refractivity contribution in [1.82, 2.24) is 20.2 Å². The monoisotopic (exact) mass is 332 g/mol. The Balaban J connectivity index is 1.35. The number of nitrogens with one attached hydrogen (secondary N) is 2. The highest BCUT2D eigenvalue weighted by Crippen LogP contribution is 2.41. The van der Waals surface area contributed by atoms with E-state index in [1.54, 1.807) is 6.20 Å². The van der Waals surface area contributed by atoms with E-state index < -0.39 is 0 Å². The molecule has 0 bridgehead atoms. The molecule has 1 aromatic carbocycles. The van der Waals surface area contributed by atoms with Crippen molar-refractivity contribution in [2.24, 2.45) is 0 Å². The smallest absolute Gasteiger partial charge is 0.315 e.